The number of nitrogens with one attached hydrogen (secondary N) is 2. The third-order valence-corrected chi connectivity index (χ3v) is 6.23. The van der Waals surface area contributed by atoms with Gasteiger partial charge in [0.2, 0.25) is 5.91 Å². The number of hydrogen-bond acceptors (Lipinski definition) is 6. The normalized spacial score (nSPS) is 23.9. The van der Waals surface area contributed by atoms with Crippen LogP contribution >= 0.6 is 11.3 Å². The Morgan fingerprint density at radius 3 is 2.67 bits per heavy atom. The second-order valence-electron chi connectivity index (χ2n) is 7.34. The highest BCUT2D eigenvalue weighted by atomic mass is 32.1. The average molecular weight is 388 g/mol. The molecule has 2 atom stereocenters. The molecule has 0 spiro atoms. The molecule has 0 aliphatic carbocycles. The van der Waals surface area contributed by atoms with E-state index in [-0.39, 0.29) is 5.91 Å². The van der Waals surface area contributed by atoms with E-state index in [0.717, 1.165) is 24.1 Å². The van der Waals surface area contributed by atoms with E-state index in [1.54, 1.807) is 14.2 Å². The van der Waals surface area contributed by atoms with Gasteiger partial charge >= 0.3 is 0 Å². The predicted molar refractivity (Wildman–Crippen MR) is 107 cm³/mol. The lowest BCUT2D eigenvalue weighted by atomic mass is 9.89. The second-order valence-corrected chi connectivity index (χ2v) is 8.19. The molecule has 4 rings (SSSR count). The maximum absolute atomic E-state index is 12.4. The number of nitrogens with zero attached hydrogens (tertiary/aromatic N) is 1. The quantitative estimate of drug-likeness (QED) is 0.791. The maximum Gasteiger partial charge on any atom is 0.226 e. The van der Waals surface area contributed by atoms with Gasteiger partial charge in [-0.2, -0.15) is 0 Å². The van der Waals surface area contributed by atoms with Crippen molar-refractivity contribution in [3.05, 3.63) is 23.6 Å². The van der Waals surface area contributed by atoms with Crippen molar-refractivity contribution in [3.8, 4) is 22.8 Å². The van der Waals surface area contributed by atoms with Gasteiger partial charge < -0.3 is 20.1 Å². The number of hydrogen-bond donors (Lipinski definition) is 2. The summed E-state index contributed by atoms with van der Waals surface area (Å²) in [6.45, 7) is 0. The first-order valence-electron chi connectivity index (χ1n) is 9.38. The summed E-state index contributed by atoms with van der Waals surface area (Å²) < 4.78 is 10.6. The third-order valence-electron chi connectivity index (χ3n) is 5.47. The van der Waals surface area contributed by atoms with Crippen LogP contribution in [0.25, 0.3) is 11.3 Å². The highest BCUT2D eigenvalue weighted by Crippen LogP contribution is 2.35. The van der Waals surface area contributed by atoms with Gasteiger partial charge in [0.05, 0.1) is 19.9 Å². The number of carbonyl (C=O) groups excluding carboxylic acids is 1. The summed E-state index contributed by atoms with van der Waals surface area (Å²) in [5.41, 5.74) is 1.75. The van der Waals surface area contributed by atoms with Crippen LogP contribution in [0.3, 0.4) is 0 Å². The van der Waals surface area contributed by atoms with Gasteiger partial charge in [-0.25, -0.2) is 4.98 Å². The maximum atomic E-state index is 12.4. The van der Waals surface area contributed by atoms with Crippen molar-refractivity contribution < 1.29 is 14.3 Å². The van der Waals surface area contributed by atoms with Gasteiger partial charge in [0.1, 0.15) is 0 Å². The van der Waals surface area contributed by atoms with Gasteiger partial charge in [-0.15, -0.1) is 11.3 Å². The fourth-order valence-electron chi connectivity index (χ4n) is 4.23. The van der Waals surface area contributed by atoms with Gasteiger partial charge in [-0.05, 0) is 49.8 Å². The van der Waals surface area contributed by atoms with Gasteiger partial charge in [-0.3, -0.25) is 4.79 Å². The summed E-state index contributed by atoms with van der Waals surface area (Å²) >= 11 is 1.44. The molecule has 2 bridgehead atoms. The first kappa shape index (κ1) is 18.3. The lowest BCUT2D eigenvalue weighted by Crippen LogP contribution is -2.39. The van der Waals surface area contributed by atoms with Crippen LogP contribution in [0.2, 0.25) is 0 Å². The van der Waals surface area contributed by atoms with Crippen molar-refractivity contribution >= 4 is 22.4 Å². The Hall–Kier alpha value is -2.12. The molecule has 6 nitrogen and oxygen atoms in total. The zero-order valence-electron chi connectivity index (χ0n) is 15.7. The number of thiazole rings is 1. The number of methoxy groups -OCH3 is 2. The van der Waals surface area contributed by atoms with E-state index in [9.17, 15) is 4.79 Å². The van der Waals surface area contributed by atoms with Crippen LogP contribution in [0.15, 0.2) is 23.6 Å². The number of piperidine rings is 1. The minimum absolute atomic E-state index is 0.0644. The number of fused-ring (bicyclic) bond motifs is 2. The molecule has 2 aromatic rings. The molecule has 2 fully saturated rings. The first-order valence-corrected chi connectivity index (χ1v) is 10.3. The fourth-order valence-corrected chi connectivity index (χ4v) is 4.97. The Morgan fingerprint density at radius 1 is 1.22 bits per heavy atom. The number of amides is 1. The zero-order chi connectivity index (χ0) is 18.8. The van der Waals surface area contributed by atoms with Crippen LogP contribution in [0.5, 0.6) is 11.5 Å². The van der Waals surface area contributed by atoms with Crippen LogP contribution in [-0.4, -0.2) is 37.2 Å². The lowest BCUT2D eigenvalue weighted by molar-refractivity contribution is -0.117. The van der Waals surface area contributed by atoms with Gasteiger partial charge in [-0.1, -0.05) is 0 Å². The summed E-state index contributed by atoms with van der Waals surface area (Å²) in [6, 6.07) is 6.91. The van der Waals surface area contributed by atoms with E-state index in [2.05, 4.69) is 15.6 Å². The molecule has 144 valence electrons. The zero-order valence-corrected chi connectivity index (χ0v) is 16.5. The van der Waals surface area contributed by atoms with Crippen molar-refractivity contribution in [1.82, 2.24) is 10.3 Å². The molecule has 2 saturated heterocycles. The van der Waals surface area contributed by atoms with E-state index in [1.807, 2.05) is 23.6 Å². The predicted octanol–water partition coefficient (Wildman–Crippen LogP) is 3.69. The van der Waals surface area contributed by atoms with E-state index in [4.69, 9.17) is 9.47 Å². The standard InChI is InChI=1S/C20H25N3O3S/c1-25-17-6-3-13(10-18(17)26-2)16-11-27-20(22-16)23-19(24)9-12-7-14-4-5-15(8-12)21-14/h3,6,10-12,14-15,21H,4-5,7-9H2,1-2H3,(H,22,23,24). The van der Waals surface area contributed by atoms with Crippen LogP contribution < -0.4 is 20.1 Å². The summed E-state index contributed by atoms with van der Waals surface area (Å²) in [5.74, 6) is 1.89. The molecule has 27 heavy (non-hydrogen) atoms. The molecule has 1 aromatic carbocycles. The molecule has 2 aliphatic heterocycles. The minimum atomic E-state index is 0.0644. The monoisotopic (exact) mass is 387 g/mol. The number of anilines is 1. The van der Waals surface area contributed by atoms with Crippen molar-refractivity contribution in [1.29, 1.82) is 0 Å². The molecule has 2 aliphatic rings. The van der Waals surface area contributed by atoms with E-state index < -0.39 is 0 Å². The summed E-state index contributed by atoms with van der Waals surface area (Å²) in [4.78, 5) is 17.0. The Labute approximate surface area is 163 Å². The first-order chi connectivity index (χ1) is 13.1. The van der Waals surface area contributed by atoms with Crippen molar-refractivity contribution in [2.24, 2.45) is 5.92 Å². The van der Waals surface area contributed by atoms with Crippen LogP contribution in [0.4, 0.5) is 5.13 Å². The Morgan fingerprint density at radius 2 is 1.96 bits per heavy atom. The highest BCUT2D eigenvalue weighted by Gasteiger charge is 2.34. The fraction of sp³-hybridized carbons (Fsp3) is 0.500. The van der Waals surface area contributed by atoms with Crippen molar-refractivity contribution in [3.63, 3.8) is 0 Å². The molecule has 1 amide bonds. The topological polar surface area (TPSA) is 72.5 Å². The summed E-state index contributed by atoms with van der Waals surface area (Å²) in [6.07, 6.45) is 5.31. The van der Waals surface area contributed by atoms with Gasteiger partial charge in [0.25, 0.3) is 0 Å². The second kappa shape index (κ2) is 7.86. The largest absolute Gasteiger partial charge is 0.493 e. The van der Waals surface area contributed by atoms with E-state index in [1.165, 1.54) is 24.2 Å². The number of aromatic nitrogens is 1. The summed E-state index contributed by atoms with van der Waals surface area (Å²) in [5, 5.41) is 9.18. The third kappa shape index (κ3) is 4.09. The molecule has 1 aromatic heterocycles. The molecule has 0 saturated carbocycles. The molecule has 2 unspecified atom stereocenters. The lowest BCUT2D eigenvalue weighted by Gasteiger charge is -2.28. The van der Waals surface area contributed by atoms with Crippen LogP contribution in [0.1, 0.15) is 32.1 Å². The van der Waals surface area contributed by atoms with Crippen molar-refractivity contribution in [2.75, 3.05) is 19.5 Å². The molecule has 2 N–H and O–H groups in total. The number of benzene rings is 1. The molecular formula is C20H25N3O3S. The van der Waals surface area contributed by atoms with E-state index in [0.29, 0.717) is 41.1 Å². The average Bonchev–Trinajstić information content (AvgIpc) is 3.27. The van der Waals surface area contributed by atoms with E-state index >= 15 is 0 Å². The molecule has 7 heteroatoms. The van der Waals surface area contributed by atoms with Gasteiger partial charge in [0.15, 0.2) is 16.6 Å². The minimum Gasteiger partial charge on any atom is -0.493 e. The molecule has 0 radical (unpaired) electrons. The SMILES string of the molecule is COc1ccc(-c2csc(NC(=O)CC3CC4CCC(C3)N4)n2)cc1OC. The summed E-state index contributed by atoms with van der Waals surface area (Å²) in [7, 11) is 3.23. The Balaban J connectivity index is 1.38. The number of carbonyl (C=O) groups is 1. The Kier molecular flexibility index (Phi) is 5.31. The number of rotatable bonds is 6. The highest BCUT2D eigenvalue weighted by molar-refractivity contribution is 7.14. The van der Waals surface area contributed by atoms with Crippen molar-refractivity contribution in [2.45, 2.75) is 44.2 Å². The Bertz CT molecular complexity index is 811. The van der Waals surface area contributed by atoms with Crippen LogP contribution in [-0.2, 0) is 4.79 Å². The smallest absolute Gasteiger partial charge is 0.226 e. The molecule has 3 heterocycles. The van der Waals surface area contributed by atoms with Gasteiger partial charge in [0, 0.05) is 29.4 Å². The molecular weight excluding hydrogens is 362 g/mol. The van der Waals surface area contributed by atoms with Crippen LogP contribution in [0, 0.1) is 5.92 Å². The number of ether oxygens (including phenoxy) is 2.